The predicted octanol–water partition coefficient (Wildman–Crippen LogP) is 1.64. The third kappa shape index (κ3) is 2.22. The van der Waals surface area contributed by atoms with E-state index in [1.807, 2.05) is 6.07 Å². The maximum atomic E-state index is 11.3. The summed E-state index contributed by atoms with van der Waals surface area (Å²) in [5, 5.41) is 8.74. The standard InChI is InChI=1S/C10H9NO3S/c1-13-8-4-6(5-11)3-7(9(8)15)10(12)14-2/h3-4,15H,1-2H3. The van der Waals surface area contributed by atoms with Gasteiger partial charge in [0.1, 0.15) is 5.75 Å². The van der Waals surface area contributed by atoms with Crippen molar-refractivity contribution in [2.45, 2.75) is 4.90 Å². The highest BCUT2D eigenvalue weighted by Crippen LogP contribution is 2.28. The van der Waals surface area contributed by atoms with Crippen LogP contribution >= 0.6 is 12.6 Å². The van der Waals surface area contributed by atoms with Crippen molar-refractivity contribution in [3.63, 3.8) is 0 Å². The van der Waals surface area contributed by atoms with E-state index in [0.29, 0.717) is 16.2 Å². The van der Waals surface area contributed by atoms with Crippen molar-refractivity contribution in [1.82, 2.24) is 0 Å². The molecule has 0 bridgehead atoms. The van der Waals surface area contributed by atoms with Gasteiger partial charge in [0.25, 0.3) is 0 Å². The minimum atomic E-state index is -0.546. The number of methoxy groups -OCH3 is 2. The molecule has 5 heteroatoms. The quantitative estimate of drug-likeness (QED) is 0.611. The van der Waals surface area contributed by atoms with Gasteiger partial charge in [-0.15, -0.1) is 12.6 Å². The van der Waals surface area contributed by atoms with E-state index in [2.05, 4.69) is 17.4 Å². The summed E-state index contributed by atoms with van der Waals surface area (Å²) in [5.41, 5.74) is 0.543. The number of nitriles is 1. The monoisotopic (exact) mass is 223 g/mol. The largest absolute Gasteiger partial charge is 0.496 e. The van der Waals surface area contributed by atoms with Crippen LogP contribution in [0.2, 0.25) is 0 Å². The summed E-state index contributed by atoms with van der Waals surface area (Å²) in [4.78, 5) is 11.7. The summed E-state index contributed by atoms with van der Waals surface area (Å²) in [5.74, 6) is -0.173. The number of esters is 1. The van der Waals surface area contributed by atoms with Crippen LogP contribution in [0.25, 0.3) is 0 Å². The molecule has 1 aromatic rings. The minimum absolute atomic E-state index is 0.219. The Hall–Kier alpha value is -1.67. The maximum Gasteiger partial charge on any atom is 0.339 e. The Kier molecular flexibility index (Phi) is 3.58. The van der Waals surface area contributed by atoms with Crippen LogP contribution in [0.5, 0.6) is 5.75 Å². The molecule has 0 aromatic heterocycles. The molecule has 1 rings (SSSR count). The van der Waals surface area contributed by atoms with Crippen LogP contribution in [-0.4, -0.2) is 20.2 Å². The lowest BCUT2D eigenvalue weighted by atomic mass is 10.1. The average molecular weight is 223 g/mol. The number of benzene rings is 1. The number of nitrogens with zero attached hydrogens (tertiary/aromatic N) is 1. The molecule has 0 saturated carbocycles. The lowest BCUT2D eigenvalue weighted by Crippen LogP contribution is -2.04. The zero-order valence-corrected chi connectivity index (χ0v) is 9.17. The molecule has 0 amide bonds. The summed E-state index contributed by atoms with van der Waals surface area (Å²) in [6, 6.07) is 4.85. The van der Waals surface area contributed by atoms with E-state index >= 15 is 0 Å². The fraction of sp³-hybridized carbons (Fsp3) is 0.200. The number of ether oxygens (including phenoxy) is 2. The van der Waals surface area contributed by atoms with Crippen molar-refractivity contribution in [3.05, 3.63) is 23.3 Å². The fourth-order valence-corrected chi connectivity index (χ4v) is 1.41. The molecule has 0 spiro atoms. The molecule has 0 fully saturated rings. The molecule has 0 atom stereocenters. The molecule has 0 aliphatic heterocycles. The van der Waals surface area contributed by atoms with Gasteiger partial charge < -0.3 is 9.47 Å². The first-order valence-electron chi connectivity index (χ1n) is 4.03. The topological polar surface area (TPSA) is 59.3 Å². The van der Waals surface area contributed by atoms with Crippen LogP contribution in [0, 0.1) is 11.3 Å². The number of rotatable bonds is 2. The van der Waals surface area contributed by atoms with Crippen molar-refractivity contribution in [2.75, 3.05) is 14.2 Å². The third-order valence-corrected chi connectivity index (χ3v) is 2.29. The van der Waals surface area contributed by atoms with Crippen LogP contribution in [0.1, 0.15) is 15.9 Å². The Morgan fingerprint density at radius 2 is 2.13 bits per heavy atom. The first-order valence-corrected chi connectivity index (χ1v) is 4.48. The molecule has 0 aliphatic rings. The number of carbonyl (C=O) groups excluding carboxylic acids is 1. The third-order valence-electron chi connectivity index (χ3n) is 1.83. The van der Waals surface area contributed by atoms with Gasteiger partial charge in [-0.05, 0) is 12.1 Å². The Balaban J connectivity index is 3.38. The van der Waals surface area contributed by atoms with Crippen molar-refractivity contribution < 1.29 is 14.3 Å². The smallest absolute Gasteiger partial charge is 0.339 e. The van der Waals surface area contributed by atoms with Crippen LogP contribution < -0.4 is 4.74 Å². The van der Waals surface area contributed by atoms with E-state index in [0.717, 1.165) is 0 Å². The lowest BCUT2D eigenvalue weighted by Gasteiger charge is -2.08. The van der Waals surface area contributed by atoms with E-state index < -0.39 is 5.97 Å². The summed E-state index contributed by atoms with van der Waals surface area (Å²) in [6.45, 7) is 0. The zero-order valence-electron chi connectivity index (χ0n) is 8.27. The molecule has 0 radical (unpaired) electrons. The highest BCUT2D eigenvalue weighted by atomic mass is 32.1. The van der Waals surface area contributed by atoms with Gasteiger partial charge in [-0.1, -0.05) is 0 Å². The molecule has 4 nitrogen and oxygen atoms in total. The highest BCUT2D eigenvalue weighted by Gasteiger charge is 2.15. The van der Waals surface area contributed by atoms with Crippen LogP contribution in [-0.2, 0) is 4.74 Å². The first kappa shape index (κ1) is 11.4. The van der Waals surface area contributed by atoms with Crippen LogP contribution in [0.15, 0.2) is 17.0 Å². The first-order chi connectivity index (χ1) is 7.13. The number of thiol groups is 1. The summed E-state index contributed by atoms with van der Waals surface area (Å²) in [7, 11) is 2.71. The normalized spacial score (nSPS) is 9.20. The van der Waals surface area contributed by atoms with Gasteiger partial charge in [0.05, 0.1) is 36.3 Å². The second-order valence-electron chi connectivity index (χ2n) is 2.68. The Morgan fingerprint density at radius 3 is 2.60 bits per heavy atom. The fourth-order valence-electron chi connectivity index (χ4n) is 1.09. The van der Waals surface area contributed by atoms with E-state index in [9.17, 15) is 4.79 Å². The number of carbonyl (C=O) groups is 1. The van der Waals surface area contributed by atoms with E-state index in [1.54, 1.807) is 0 Å². The van der Waals surface area contributed by atoms with Gasteiger partial charge >= 0.3 is 5.97 Å². The Morgan fingerprint density at radius 1 is 1.47 bits per heavy atom. The van der Waals surface area contributed by atoms with Crippen LogP contribution in [0.4, 0.5) is 0 Å². The number of hydrogen-bond donors (Lipinski definition) is 1. The van der Waals surface area contributed by atoms with Crippen LogP contribution in [0.3, 0.4) is 0 Å². The summed E-state index contributed by atoms with van der Waals surface area (Å²) < 4.78 is 9.55. The van der Waals surface area contributed by atoms with E-state index in [1.165, 1.54) is 26.4 Å². The molecule has 1 aromatic carbocycles. The molecule has 0 aliphatic carbocycles. The minimum Gasteiger partial charge on any atom is -0.496 e. The van der Waals surface area contributed by atoms with Gasteiger partial charge in [0, 0.05) is 0 Å². The summed E-state index contributed by atoms with van der Waals surface area (Å²) in [6.07, 6.45) is 0. The zero-order chi connectivity index (χ0) is 11.4. The second kappa shape index (κ2) is 4.71. The average Bonchev–Trinajstić information content (AvgIpc) is 2.28. The van der Waals surface area contributed by atoms with Crippen molar-refractivity contribution in [3.8, 4) is 11.8 Å². The lowest BCUT2D eigenvalue weighted by molar-refractivity contribution is 0.0596. The van der Waals surface area contributed by atoms with E-state index in [-0.39, 0.29) is 5.56 Å². The van der Waals surface area contributed by atoms with Crippen molar-refractivity contribution >= 4 is 18.6 Å². The second-order valence-corrected chi connectivity index (χ2v) is 3.13. The summed E-state index contributed by atoms with van der Waals surface area (Å²) >= 11 is 4.14. The van der Waals surface area contributed by atoms with E-state index in [4.69, 9.17) is 10.00 Å². The van der Waals surface area contributed by atoms with Gasteiger partial charge in [0.15, 0.2) is 0 Å². The van der Waals surface area contributed by atoms with Gasteiger partial charge in [-0.25, -0.2) is 4.79 Å². The van der Waals surface area contributed by atoms with Crippen molar-refractivity contribution in [2.24, 2.45) is 0 Å². The molecule has 78 valence electrons. The Labute approximate surface area is 92.8 Å². The Bertz CT molecular complexity index is 437. The molecular weight excluding hydrogens is 214 g/mol. The van der Waals surface area contributed by atoms with Gasteiger partial charge in [-0.3, -0.25) is 0 Å². The highest BCUT2D eigenvalue weighted by molar-refractivity contribution is 7.80. The molecule has 0 unspecified atom stereocenters. The molecular formula is C10H9NO3S. The number of hydrogen-bond acceptors (Lipinski definition) is 5. The molecule has 0 N–H and O–H groups in total. The molecule has 0 saturated heterocycles. The van der Waals surface area contributed by atoms with Crippen molar-refractivity contribution in [1.29, 1.82) is 5.26 Å². The molecule has 15 heavy (non-hydrogen) atoms. The van der Waals surface area contributed by atoms with Gasteiger partial charge in [-0.2, -0.15) is 5.26 Å². The molecule has 0 heterocycles. The van der Waals surface area contributed by atoms with Gasteiger partial charge in [0.2, 0.25) is 0 Å². The SMILES string of the molecule is COC(=O)c1cc(C#N)cc(OC)c1S. The maximum absolute atomic E-state index is 11.3. The predicted molar refractivity (Wildman–Crippen MR) is 56.3 cm³/mol.